The number of hydrogen-bond donors (Lipinski definition) is 1. The van der Waals surface area contributed by atoms with Crippen LogP contribution >= 0.6 is 0 Å². The predicted octanol–water partition coefficient (Wildman–Crippen LogP) is 3.15. The number of carbonyl (C=O) groups is 2. The van der Waals surface area contributed by atoms with E-state index in [-0.39, 0.29) is 30.6 Å². The summed E-state index contributed by atoms with van der Waals surface area (Å²) in [4.78, 5) is 27.1. The summed E-state index contributed by atoms with van der Waals surface area (Å²) < 4.78 is 5.42. The minimum Gasteiger partial charge on any atom is -0.379 e. The van der Waals surface area contributed by atoms with Crippen LogP contribution in [-0.2, 0) is 9.53 Å². The van der Waals surface area contributed by atoms with Crippen LogP contribution in [0.5, 0.6) is 0 Å². The van der Waals surface area contributed by atoms with E-state index in [0.717, 1.165) is 38.4 Å². The number of nitrogens with one attached hydrogen (secondary N) is 1. The molecule has 1 saturated heterocycles. The lowest BCUT2D eigenvalue weighted by Crippen LogP contribution is -2.43. The molecular formula is C23H28N2O3. The maximum absolute atomic E-state index is 12.6. The van der Waals surface area contributed by atoms with E-state index in [9.17, 15) is 9.59 Å². The maximum Gasteiger partial charge on any atom is 0.220 e. The highest BCUT2D eigenvalue weighted by Gasteiger charge is 2.20. The topological polar surface area (TPSA) is 58.6 Å². The molecule has 2 aromatic carbocycles. The van der Waals surface area contributed by atoms with Crippen molar-refractivity contribution >= 4 is 11.7 Å². The summed E-state index contributed by atoms with van der Waals surface area (Å²) in [6.45, 7) is 5.97. The lowest BCUT2D eigenvalue weighted by molar-refractivity contribution is -0.122. The van der Waals surface area contributed by atoms with Crippen molar-refractivity contribution in [1.29, 1.82) is 0 Å². The van der Waals surface area contributed by atoms with E-state index in [1.165, 1.54) is 5.56 Å². The van der Waals surface area contributed by atoms with Crippen molar-refractivity contribution in [1.82, 2.24) is 10.2 Å². The minimum absolute atomic E-state index is 0.00387. The number of morpholine rings is 1. The van der Waals surface area contributed by atoms with E-state index in [0.29, 0.717) is 5.56 Å². The Balaban J connectivity index is 1.60. The molecule has 28 heavy (non-hydrogen) atoms. The Labute approximate surface area is 166 Å². The Kier molecular flexibility index (Phi) is 7.34. The zero-order chi connectivity index (χ0) is 19.8. The van der Waals surface area contributed by atoms with Crippen LogP contribution in [0, 0.1) is 6.92 Å². The number of ether oxygens (including phenoxy) is 1. The van der Waals surface area contributed by atoms with Gasteiger partial charge in [-0.05, 0) is 12.5 Å². The second kappa shape index (κ2) is 10.2. The van der Waals surface area contributed by atoms with Crippen LogP contribution in [0.2, 0.25) is 0 Å². The fraction of sp³-hybridized carbons (Fsp3) is 0.391. The third kappa shape index (κ3) is 6.01. The first-order valence-electron chi connectivity index (χ1n) is 9.86. The molecule has 5 heteroatoms. The number of carbonyl (C=O) groups excluding carboxylic acids is 2. The van der Waals surface area contributed by atoms with Gasteiger partial charge in [-0.3, -0.25) is 14.5 Å². The van der Waals surface area contributed by atoms with Gasteiger partial charge in [-0.1, -0.05) is 60.2 Å². The van der Waals surface area contributed by atoms with E-state index in [2.05, 4.69) is 41.4 Å². The van der Waals surface area contributed by atoms with Crippen LogP contribution in [0.4, 0.5) is 0 Å². The molecule has 0 aromatic heterocycles. The molecule has 0 radical (unpaired) electrons. The van der Waals surface area contributed by atoms with Gasteiger partial charge in [0, 0.05) is 38.0 Å². The highest BCUT2D eigenvalue weighted by Crippen LogP contribution is 2.17. The van der Waals surface area contributed by atoms with Crippen molar-refractivity contribution in [2.24, 2.45) is 0 Å². The molecule has 1 atom stereocenters. The molecule has 0 saturated carbocycles. The van der Waals surface area contributed by atoms with Gasteiger partial charge < -0.3 is 10.1 Å². The third-order valence-corrected chi connectivity index (χ3v) is 5.03. The van der Waals surface area contributed by atoms with Crippen molar-refractivity contribution in [3.05, 3.63) is 71.3 Å². The van der Waals surface area contributed by atoms with Gasteiger partial charge in [-0.25, -0.2) is 0 Å². The normalized spacial score (nSPS) is 15.8. The molecule has 3 rings (SSSR count). The quantitative estimate of drug-likeness (QED) is 0.715. The molecule has 1 N–H and O–H groups in total. The van der Waals surface area contributed by atoms with Crippen LogP contribution in [-0.4, -0.2) is 49.4 Å². The van der Waals surface area contributed by atoms with E-state index >= 15 is 0 Å². The fourth-order valence-electron chi connectivity index (χ4n) is 3.34. The summed E-state index contributed by atoms with van der Waals surface area (Å²) in [5.74, 6) is -0.0982. The maximum atomic E-state index is 12.6. The van der Waals surface area contributed by atoms with Gasteiger partial charge in [0.1, 0.15) is 0 Å². The standard InChI is InChI=1S/C23H28N2O3/c1-18-7-9-19(10-8-18)21(17-25-13-15-28-16-14-25)24-23(27)12-11-22(26)20-5-3-2-4-6-20/h2-10,21H,11-17H2,1H3,(H,24,27)/t21-/m1/s1. The zero-order valence-corrected chi connectivity index (χ0v) is 16.4. The van der Waals surface area contributed by atoms with E-state index in [4.69, 9.17) is 4.74 Å². The zero-order valence-electron chi connectivity index (χ0n) is 16.4. The van der Waals surface area contributed by atoms with Crippen LogP contribution in [0.15, 0.2) is 54.6 Å². The first-order chi connectivity index (χ1) is 13.6. The van der Waals surface area contributed by atoms with E-state index in [1.807, 2.05) is 18.2 Å². The van der Waals surface area contributed by atoms with Crippen LogP contribution in [0.25, 0.3) is 0 Å². The smallest absolute Gasteiger partial charge is 0.220 e. The Morgan fingerprint density at radius 2 is 1.68 bits per heavy atom. The van der Waals surface area contributed by atoms with Crippen molar-refractivity contribution in [2.75, 3.05) is 32.8 Å². The van der Waals surface area contributed by atoms with Gasteiger partial charge in [0.15, 0.2) is 5.78 Å². The van der Waals surface area contributed by atoms with Gasteiger partial charge in [-0.2, -0.15) is 0 Å². The minimum atomic E-state index is -0.0990. The SMILES string of the molecule is Cc1ccc([C@@H](CN2CCOCC2)NC(=O)CCC(=O)c2ccccc2)cc1. The van der Waals surface area contributed by atoms with Crippen LogP contribution in [0.3, 0.4) is 0 Å². The van der Waals surface area contributed by atoms with E-state index in [1.54, 1.807) is 12.1 Å². The molecule has 1 aliphatic heterocycles. The van der Waals surface area contributed by atoms with E-state index < -0.39 is 0 Å². The molecular weight excluding hydrogens is 352 g/mol. The lowest BCUT2D eigenvalue weighted by Gasteiger charge is -2.31. The largest absolute Gasteiger partial charge is 0.379 e. The number of nitrogens with zero attached hydrogens (tertiary/aromatic N) is 1. The Hall–Kier alpha value is -2.50. The highest BCUT2D eigenvalue weighted by atomic mass is 16.5. The second-order valence-electron chi connectivity index (χ2n) is 7.23. The monoisotopic (exact) mass is 380 g/mol. The summed E-state index contributed by atoms with van der Waals surface area (Å²) in [5.41, 5.74) is 2.92. The summed E-state index contributed by atoms with van der Waals surface area (Å²) in [6.07, 6.45) is 0.410. The molecule has 148 valence electrons. The second-order valence-corrected chi connectivity index (χ2v) is 7.23. The van der Waals surface area contributed by atoms with Crippen molar-refractivity contribution in [3.8, 4) is 0 Å². The molecule has 0 bridgehead atoms. The number of amides is 1. The van der Waals surface area contributed by atoms with Gasteiger partial charge in [0.05, 0.1) is 19.3 Å². The van der Waals surface area contributed by atoms with Crippen molar-refractivity contribution in [2.45, 2.75) is 25.8 Å². The Bertz CT molecular complexity index is 768. The summed E-state index contributed by atoms with van der Waals surface area (Å²) >= 11 is 0. The van der Waals surface area contributed by atoms with Gasteiger partial charge in [0.2, 0.25) is 5.91 Å². The molecule has 1 amide bonds. The third-order valence-electron chi connectivity index (χ3n) is 5.03. The van der Waals surface area contributed by atoms with Crippen molar-refractivity contribution < 1.29 is 14.3 Å². The Morgan fingerprint density at radius 3 is 2.36 bits per heavy atom. The first-order valence-corrected chi connectivity index (χ1v) is 9.86. The average Bonchev–Trinajstić information content (AvgIpc) is 2.73. The molecule has 0 unspecified atom stereocenters. The number of benzene rings is 2. The van der Waals surface area contributed by atoms with Crippen LogP contribution < -0.4 is 5.32 Å². The van der Waals surface area contributed by atoms with Crippen molar-refractivity contribution in [3.63, 3.8) is 0 Å². The molecule has 2 aromatic rings. The number of aryl methyl sites for hydroxylation is 1. The molecule has 0 aliphatic carbocycles. The molecule has 1 heterocycles. The number of ketones is 1. The number of hydrogen-bond acceptors (Lipinski definition) is 4. The lowest BCUT2D eigenvalue weighted by atomic mass is 10.0. The molecule has 1 fully saturated rings. The van der Waals surface area contributed by atoms with Crippen LogP contribution in [0.1, 0.15) is 40.4 Å². The average molecular weight is 380 g/mol. The number of Topliss-reactive ketones (excluding diaryl/α,β-unsaturated/α-hetero) is 1. The summed E-state index contributed by atoms with van der Waals surface area (Å²) in [6, 6.07) is 17.3. The summed E-state index contributed by atoms with van der Waals surface area (Å²) in [5, 5.41) is 3.13. The molecule has 1 aliphatic rings. The first kappa shape index (κ1) is 20.2. The van der Waals surface area contributed by atoms with Gasteiger partial charge in [0.25, 0.3) is 0 Å². The number of rotatable bonds is 8. The highest BCUT2D eigenvalue weighted by molar-refractivity contribution is 5.97. The van der Waals surface area contributed by atoms with Gasteiger partial charge in [-0.15, -0.1) is 0 Å². The predicted molar refractivity (Wildman–Crippen MR) is 109 cm³/mol. The molecule has 0 spiro atoms. The fourth-order valence-corrected chi connectivity index (χ4v) is 3.34. The van der Waals surface area contributed by atoms with Gasteiger partial charge >= 0.3 is 0 Å². The Morgan fingerprint density at radius 1 is 1.00 bits per heavy atom. The molecule has 5 nitrogen and oxygen atoms in total. The summed E-state index contributed by atoms with van der Waals surface area (Å²) in [7, 11) is 0.